The number of hydrogen-bond donors (Lipinski definition) is 4. The van der Waals surface area contributed by atoms with Gasteiger partial charge in [0, 0.05) is 18.5 Å². The highest BCUT2D eigenvalue weighted by Crippen LogP contribution is 2.61. The van der Waals surface area contributed by atoms with E-state index in [1.165, 1.54) is 19.3 Å². The molecule has 2 saturated heterocycles. The van der Waals surface area contributed by atoms with Gasteiger partial charge >= 0.3 is 0 Å². The van der Waals surface area contributed by atoms with Crippen molar-refractivity contribution in [3.05, 3.63) is 0 Å². The maximum atomic E-state index is 14.1. The minimum atomic E-state index is -0.936. The first-order chi connectivity index (χ1) is 17.1. The molecule has 4 amide bonds. The summed E-state index contributed by atoms with van der Waals surface area (Å²) >= 11 is 0. The molecule has 6 N–H and O–H groups in total. The molecule has 7 aliphatic rings. The van der Waals surface area contributed by atoms with Gasteiger partial charge < -0.3 is 27.0 Å². The number of likely N-dealkylation sites (tertiary alicyclic amines) is 1. The van der Waals surface area contributed by atoms with Gasteiger partial charge in [0.05, 0.1) is 6.04 Å². The monoisotopic (exact) mass is 499 g/mol. The SMILES string of the molecule is CC1C[C@@H]2C[C@H]1[C@@H](C(=O)N[C@@H](C[C@@H]1CCNC1=O)C(N)=O)N2C(=O)[C@@H](N)C12CC3CC(CC(C3)C1)C2. The summed E-state index contributed by atoms with van der Waals surface area (Å²) in [5, 5.41) is 5.61. The highest BCUT2D eigenvalue weighted by atomic mass is 16.2. The van der Waals surface area contributed by atoms with Gasteiger partial charge in [-0.25, -0.2) is 0 Å². The molecule has 0 aromatic carbocycles. The number of hydrogen-bond acceptors (Lipinski definition) is 5. The second kappa shape index (κ2) is 8.71. The van der Waals surface area contributed by atoms with Crippen molar-refractivity contribution in [2.24, 2.45) is 52.4 Å². The van der Waals surface area contributed by atoms with Crippen molar-refractivity contribution in [1.82, 2.24) is 15.5 Å². The molecule has 0 spiro atoms. The fourth-order valence-corrected chi connectivity index (χ4v) is 9.62. The number of fused-ring (bicyclic) bond motifs is 2. The molecule has 9 nitrogen and oxygen atoms in total. The Morgan fingerprint density at radius 1 is 1.08 bits per heavy atom. The van der Waals surface area contributed by atoms with Crippen molar-refractivity contribution in [3.63, 3.8) is 0 Å². The van der Waals surface area contributed by atoms with E-state index in [1.54, 1.807) is 4.90 Å². The van der Waals surface area contributed by atoms with Crippen LogP contribution in [0.15, 0.2) is 0 Å². The van der Waals surface area contributed by atoms with Crippen molar-refractivity contribution in [2.75, 3.05) is 6.54 Å². The third-order valence-electron chi connectivity index (χ3n) is 10.9. The highest BCUT2D eigenvalue weighted by molar-refractivity contribution is 5.94. The Kier molecular flexibility index (Phi) is 5.85. The molecule has 7 rings (SSSR count). The summed E-state index contributed by atoms with van der Waals surface area (Å²) in [5.41, 5.74) is 12.4. The minimum Gasteiger partial charge on any atom is -0.368 e. The predicted molar refractivity (Wildman–Crippen MR) is 132 cm³/mol. The molecule has 9 heteroatoms. The van der Waals surface area contributed by atoms with Crippen LogP contribution in [-0.2, 0) is 19.2 Å². The van der Waals surface area contributed by atoms with Crippen LogP contribution < -0.4 is 22.1 Å². The summed E-state index contributed by atoms with van der Waals surface area (Å²) in [6, 6.07) is -2.13. The molecule has 5 saturated carbocycles. The molecule has 5 aliphatic carbocycles. The summed E-state index contributed by atoms with van der Waals surface area (Å²) in [6.45, 7) is 2.71. The normalized spacial score (nSPS) is 43.9. The summed E-state index contributed by atoms with van der Waals surface area (Å²) < 4.78 is 0. The topological polar surface area (TPSA) is 148 Å². The van der Waals surface area contributed by atoms with Crippen LogP contribution in [0.4, 0.5) is 0 Å². The van der Waals surface area contributed by atoms with E-state index in [2.05, 4.69) is 17.6 Å². The Bertz CT molecular complexity index is 933. The molecular formula is C27H41N5O4. The van der Waals surface area contributed by atoms with Crippen LogP contribution in [0.3, 0.4) is 0 Å². The number of carbonyl (C=O) groups is 4. The second-order valence-corrected chi connectivity index (χ2v) is 13.2. The molecule has 7 atom stereocenters. The average Bonchev–Trinajstić information content (AvgIpc) is 3.50. The van der Waals surface area contributed by atoms with Gasteiger partial charge in [0.2, 0.25) is 23.6 Å². The molecular weight excluding hydrogens is 458 g/mol. The number of nitrogens with zero attached hydrogens (tertiary/aromatic N) is 1. The standard InChI is InChI=1S/C27H41N5O4/c1-13-4-18-9-19(13)21(25(35)31-20(23(29)33)8-17-2-3-30-24(17)34)32(18)26(36)22(28)27-10-14-5-15(11-27)7-16(6-14)12-27/h13-22H,2-12,28H2,1H3,(H2,29,33)(H,30,34)(H,31,35)/t13?,14?,15?,16?,17-,18+,19+,20-,21-,22+,27?/m0/s1. The van der Waals surface area contributed by atoms with Crippen LogP contribution >= 0.6 is 0 Å². The van der Waals surface area contributed by atoms with Crippen LogP contribution in [0.25, 0.3) is 0 Å². The van der Waals surface area contributed by atoms with Crippen molar-refractivity contribution in [3.8, 4) is 0 Å². The van der Waals surface area contributed by atoms with Crippen molar-refractivity contribution in [1.29, 1.82) is 0 Å². The minimum absolute atomic E-state index is 0.0147. The smallest absolute Gasteiger partial charge is 0.243 e. The number of primary amides is 1. The Morgan fingerprint density at radius 3 is 2.28 bits per heavy atom. The number of amides is 4. The molecule has 0 radical (unpaired) electrons. The van der Waals surface area contributed by atoms with Crippen LogP contribution in [0.2, 0.25) is 0 Å². The summed E-state index contributed by atoms with van der Waals surface area (Å²) in [5.74, 6) is 0.914. The van der Waals surface area contributed by atoms with E-state index in [-0.39, 0.29) is 47.4 Å². The molecule has 1 unspecified atom stereocenters. The van der Waals surface area contributed by atoms with Gasteiger partial charge in [-0.3, -0.25) is 19.2 Å². The molecule has 36 heavy (non-hydrogen) atoms. The van der Waals surface area contributed by atoms with E-state index in [0.717, 1.165) is 32.1 Å². The van der Waals surface area contributed by atoms with E-state index in [0.29, 0.717) is 36.6 Å². The van der Waals surface area contributed by atoms with E-state index in [4.69, 9.17) is 11.5 Å². The molecule has 0 aromatic heterocycles. The average molecular weight is 500 g/mol. The maximum absolute atomic E-state index is 14.1. The third-order valence-corrected chi connectivity index (χ3v) is 10.9. The zero-order chi connectivity index (χ0) is 25.4. The highest BCUT2D eigenvalue weighted by Gasteiger charge is 2.60. The summed E-state index contributed by atoms with van der Waals surface area (Å²) in [7, 11) is 0. The van der Waals surface area contributed by atoms with Crippen molar-refractivity contribution >= 4 is 23.6 Å². The lowest BCUT2D eigenvalue weighted by Gasteiger charge is -2.59. The molecule has 198 valence electrons. The third kappa shape index (κ3) is 3.84. The van der Waals surface area contributed by atoms with Crippen LogP contribution in [0.5, 0.6) is 0 Å². The van der Waals surface area contributed by atoms with Gasteiger partial charge in [0.1, 0.15) is 12.1 Å². The van der Waals surface area contributed by atoms with Gasteiger partial charge in [-0.05, 0) is 99.2 Å². The number of nitrogens with one attached hydrogen (secondary N) is 2. The first kappa shape index (κ1) is 24.2. The maximum Gasteiger partial charge on any atom is 0.243 e. The fraction of sp³-hybridized carbons (Fsp3) is 0.852. The zero-order valence-corrected chi connectivity index (χ0v) is 21.3. The van der Waals surface area contributed by atoms with E-state index >= 15 is 0 Å². The lowest BCUT2D eigenvalue weighted by Crippen LogP contribution is -2.64. The Morgan fingerprint density at radius 2 is 1.72 bits per heavy atom. The van der Waals surface area contributed by atoms with Gasteiger partial charge in [0.15, 0.2) is 0 Å². The van der Waals surface area contributed by atoms with Gasteiger partial charge in [-0.2, -0.15) is 0 Å². The molecule has 0 aromatic rings. The number of rotatable bonds is 7. The first-order valence-electron chi connectivity index (χ1n) is 14.1. The number of nitrogens with two attached hydrogens (primary N) is 2. The molecule has 6 bridgehead atoms. The quantitative estimate of drug-likeness (QED) is 0.406. The van der Waals surface area contributed by atoms with Gasteiger partial charge in [0.25, 0.3) is 0 Å². The van der Waals surface area contributed by atoms with Gasteiger partial charge in [-0.15, -0.1) is 0 Å². The predicted octanol–water partition coefficient (Wildman–Crippen LogP) is 0.652. The Labute approximate surface area is 212 Å². The van der Waals surface area contributed by atoms with E-state index in [1.807, 2.05) is 0 Å². The van der Waals surface area contributed by atoms with Crippen molar-refractivity contribution in [2.45, 2.75) is 95.3 Å². The lowest BCUT2D eigenvalue weighted by atomic mass is 9.47. The number of carbonyl (C=O) groups excluding carboxylic acids is 4. The second-order valence-electron chi connectivity index (χ2n) is 13.2. The van der Waals surface area contributed by atoms with Crippen LogP contribution in [-0.4, -0.2) is 59.2 Å². The first-order valence-corrected chi connectivity index (χ1v) is 14.1. The molecule has 2 aliphatic heterocycles. The van der Waals surface area contributed by atoms with Crippen molar-refractivity contribution < 1.29 is 19.2 Å². The Hall–Kier alpha value is -2.16. The van der Waals surface area contributed by atoms with Crippen LogP contribution in [0, 0.1) is 40.9 Å². The fourth-order valence-electron chi connectivity index (χ4n) is 9.62. The zero-order valence-electron chi connectivity index (χ0n) is 21.3. The van der Waals surface area contributed by atoms with E-state index in [9.17, 15) is 19.2 Å². The number of piperidine rings is 1. The lowest BCUT2D eigenvalue weighted by molar-refractivity contribution is -0.152. The largest absolute Gasteiger partial charge is 0.368 e. The van der Waals surface area contributed by atoms with Gasteiger partial charge in [-0.1, -0.05) is 6.92 Å². The Balaban J connectivity index is 1.21. The van der Waals surface area contributed by atoms with E-state index < -0.39 is 24.0 Å². The summed E-state index contributed by atoms with van der Waals surface area (Å²) in [4.78, 5) is 53.9. The molecule has 7 fully saturated rings. The van der Waals surface area contributed by atoms with Crippen LogP contribution in [0.1, 0.15) is 71.1 Å². The molecule has 2 heterocycles. The summed E-state index contributed by atoms with van der Waals surface area (Å²) in [6.07, 6.45) is 9.44.